The molecule has 1 rings (SSSR count). The van der Waals surface area contributed by atoms with Crippen molar-refractivity contribution < 1.29 is 9.59 Å². The second kappa shape index (κ2) is 8.13. The summed E-state index contributed by atoms with van der Waals surface area (Å²) in [5.74, 6) is 0.207. The van der Waals surface area contributed by atoms with Gasteiger partial charge in [0, 0.05) is 24.5 Å². The van der Waals surface area contributed by atoms with Crippen molar-refractivity contribution in [2.75, 3.05) is 26.2 Å². The lowest BCUT2D eigenvalue weighted by atomic mass is 9.92. The van der Waals surface area contributed by atoms with Gasteiger partial charge in [-0.1, -0.05) is 34.6 Å². The molecular weight excluding hydrogens is 290 g/mol. The minimum absolute atomic E-state index is 0.0587. The lowest BCUT2D eigenvalue weighted by molar-refractivity contribution is -0.126. The first-order valence-electron chi connectivity index (χ1n) is 8.86. The third-order valence-corrected chi connectivity index (χ3v) is 4.68. The Morgan fingerprint density at radius 1 is 1.22 bits per heavy atom. The molecule has 1 aliphatic carbocycles. The standard InChI is InChI=1S/C18H35N3O2/c1-7-21(13-15(22)19-11-10-17(3,4)5)14(2)12-20-16(23)18(6)8-9-18/h14H,7-13H2,1-6H3,(H,19,22)(H,20,23)/t14-/m1/s1. The van der Waals surface area contributed by atoms with Crippen LogP contribution in [0.15, 0.2) is 0 Å². The fourth-order valence-corrected chi connectivity index (χ4v) is 2.39. The van der Waals surface area contributed by atoms with E-state index in [4.69, 9.17) is 0 Å². The summed E-state index contributed by atoms with van der Waals surface area (Å²) in [7, 11) is 0. The number of amides is 2. The Hall–Kier alpha value is -1.10. The average molecular weight is 325 g/mol. The van der Waals surface area contributed by atoms with Crippen LogP contribution in [-0.4, -0.2) is 48.9 Å². The van der Waals surface area contributed by atoms with E-state index in [-0.39, 0.29) is 28.7 Å². The monoisotopic (exact) mass is 325 g/mol. The van der Waals surface area contributed by atoms with E-state index in [1.165, 1.54) is 0 Å². The van der Waals surface area contributed by atoms with Crippen LogP contribution < -0.4 is 10.6 Å². The molecule has 0 aromatic carbocycles. The Kier molecular flexibility index (Phi) is 7.05. The van der Waals surface area contributed by atoms with Crippen molar-refractivity contribution in [3.8, 4) is 0 Å². The second-order valence-corrected chi connectivity index (χ2v) is 8.34. The summed E-state index contributed by atoms with van der Waals surface area (Å²) in [5, 5.41) is 6.01. The molecular formula is C18H35N3O2. The summed E-state index contributed by atoms with van der Waals surface area (Å²) in [4.78, 5) is 26.2. The molecule has 0 aromatic heterocycles. The van der Waals surface area contributed by atoms with Gasteiger partial charge in [-0.3, -0.25) is 14.5 Å². The molecule has 0 aliphatic heterocycles. The SMILES string of the molecule is CCN(CC(=O)NCCC(C)(C)C)[C@H](C)CNC(=O)C1(C)CC1. The van der Waals surface area contributed by atoms with Gasteiger partial charge < -0.3 is 10.6 Å². The van der Waals surface area contributed by atoms with E-state index in [1.54, 1.807) is 0 Å². The van der Waals surface area contributed by atoms with Gasteiger partial charge in [-0.05, 0) is 38.1 Å². The first kappa shape index (κ1) is 19.9. The number of likely N-dealkylation sites (N-methyl/N-ethyl adjacent to an activating group) is 1. The molecule has 1 aliphatic rings. The lowest BCUT2D eigenvalue weighted by Gasteiger charge is -2.28. The number of carbonyl (C=O) groups is 2. The molecule has 0 unspecified atom stereocenters. The van der Waals surface area contributed by atoms with Crippen molar-refractivity contribution >= 4 is 11.8 Å². The highest BCUT2D eigenvalue weighted by atomic mass is 16.2. The summed E-state index contributed by atoms with van der Waals surface area (Å²) in [6.07, 6.45) is 2.94. The van der Waals surface area contributed by atoms with Gasteiger partial charge in [0.1, 0.15) is 0 Å². The van der Waals surface area contributed by atoms with Crippen LogP contribution in [0, 0.1) is 10.8 Å². The van der Waals surface area contributed by atoms with Gasteiger partial charge in [0.2, 0.25) is 11.8 Å². The van der Waals surface area contributed by atoms with Gasteiger partial charge in [0.25, 0.3) is 0 Å². The van der Waals surface area contributed by atoms with Gasteiger partial charge in [0.15, 0.2) is 0 Å². The number of nitrogens with zero attached hydrogens (tertiary/aromatic N) is 1. The molecule has 5 nitrogen and oxygen atoms in total. The molecule has 0 saturated heterocycles. The van der Waals surface area contributed by atoms with Gasteiger partial charge >= 0.3 is 0 Å². The Morgan fingerprint density at radius 2 is 1.83 bits per heavy atom. The van der Waals surface area contributed by atoms with E-state index in [9.17, 15) is 9.59 Å². The van der Waals surface area contributed by atoms with Crippen molar-refractivity contribution in [3.05, 3.63) is 0 Å². The molecule has 0 spiro atoms. The van der Waals surface area contributed by atoms with Crippen molar-refractivity contribution in [2.45, 2.75) is 66.8 Å². The van der Waals surface area contributed by atoms with Crippen molar-refractivity contribution in [2.24, 2.45) is 10.8 Å². The maximum Gasteiger partial charge on any atom is 0.234 e. The first-order valence-corrected chi connectivity index (χ1v) is 8.86. The molecule has 0 radical (unpaired) electrons. The third kappa shape index (κ3) is 7.34. The summed E-state index contributed by atoms with van der Waals surface area (Å²) < 4.78 is 0. The van der Waals surface area contributed by atoms with E-state index in [2.05, 4.69) is 43.2 Å². The Morgan fingerprint density at radius 3 is 2.30 bits per heavy atom. The van der Waals surface area contributed by atoms with E-state index in [0.717, 1.165) is 25.8 Å². The molecule has 23 heavy (non-hydrogen) atoms. The molecule has 134 valence electrons. The molecule has 1 atom stereocenters. The molecule has 1 fully saturated rings. The Balaban J connectivity index is 2.30. The fourth-order valence-electron chi connectivity index (χ4n) is 2.39. The van der Waals surface area contributed by atoms with Crippen LogP contribution in [0.4, 0.5) is 0 Å². The van der Waals surface area contributed by atoms with Gasteiger partial charge in [-0.25, -0.2) is 0 Å². The smallest absolute Gasteiger partial charge is 0.234 e. The van der Waals surface area contributed by atoms with Crippen LogP contribution in [0.3, 0.4) is 0 Å². The zero-order chi connectivity index (χ0) is 17.7. The van der Waals surface area contributed by atoms with Crippen LogP contribution in [0.25, 0.3) is 0 Å². The average Bonchev–Trinajstić information content (AvgIpc) is 3.19. The molecule has 5 heteroatoms. The topological polar surface area (TPSA) is 61.4 Å². The minimum Gasteiger partial charge on any atom is -0.355 e. The predicted molar refractivity (Wildman–Crippen MR) is 94.1 cm³/mol. The summed E-state index contributed by atoms with van der Waals surface area (Å²) in [6, 6.07) is 0.152. The number of carbonyl (C=O) groups excluding carboxylic acids is 2. The predicted octanol–water partition coefficient (Wildman–Crippen LogP) is 2.17. The summed E-state index contributed by atoms with van der Waals surface area (Å²) >= 11 is 0. The van der Waals surface area contributed by atoms with E-state index in [1.807, 2.05) is 13.8 Å². The van der Waals surface area contributed by atoms with Gasteiger partial charge in [-0.2, -0.15) is 0 Å². The zero-order valence-corrected chi connectivity index (χ0v) is 15.8. The van der Waals surface area contributed by atoms with Gasteiger partial charge in [-0.15, -0.1) is 0 Å². The molecule has 0 aromatic rings. The molecule has 0 bridgehead atoms. The van der Waals surface area contributed by atoms with Crippen molar-refractivity contribution in [3.63, 3.8) is 0 Å². The Labute approximate surface area is 141 Å². The van der Waals surface area contributed by atoms with Crippen LogP contribution in [-0.2, 0) is 9.59 Å². The van der Waals surface area contributed by atoms with Crippen molar-refractivity contribution in [1.29, 1.82) is 0 Å². The van der Waals surface area contributed by atoms with E-state index < -0.39 is 0 Å². The summed E-state index contributed by atoms with van der Waals surface area (Å²) in [6.45, 7) is 15.1. The van der Waals surface area contributed by atoms with Gasteiger partial charge in [0.05, 0.1) is 6.54 Å². The summed E-state index contributed by atoms with van der Waals surface area (Å²) in [5.41, 5.74) is 0.0926. The lowest BCUT2D eigenvalue weighted by Crippen LogP contribution is -2.47. The van der Waals surface area contributed by atoms with Crippen molar-refractivity contribution in [1.82, 2.24) is 15.5 Å². The fraction of sp³-hybridized carbons (Fsp3) is 0.889. The molecule has 1 saturated carbocycles. The van der Waals surface area contributed by atoms with Crippen LogP contribution in [0.5, 0.6) is 0 Å². The van der Waals surface area contributed by atoms with Crippen LogP contribution in [0.1, 0.15) is 60.8 Å². The highest BCUT2D eigenvalue weighted by molar-refractivity contribution is 5.84. The van der Waals surface area contributed by atoms with Crippen LogP contribution >= 0.6 is 0 Å². The number of nitrogens with one attached hydrogen (secondary N) is 2. The van der Waals surface area contributed by atoms with Crippen LogP contribution in [0.2, 0.25) is 0 Å². The maximum atomic E-state index is 12.1. The highest BCUT2D eigenvalue weighted by Gasteiger charge is 2.44. The maximum absolute atomic E-state index is 12.1. The second-order valence-electron chi connectivity index (χ2n) is 8.34. The number of hydrogen-bond acceptors (Lipinski definition) is 3. The van der Waals surface area contributed by atoms with E-state index in [0.29, 0.717) is 19.6 Å². The largest absolute Gasteiger partial charge is 0.355 e. The van der Waals surface area contributed by atoms with E-state index >= 15 is 0 Å². The minimum atomic E-state index is -0.138. The normalized spacial score (nSPS) is 17.7. The highest BCUT2D eigenvalue weighted by Crippen LogP contribution is 2.44. The third-order valence-electron chi connectivity index (χ3n) is 4.68. The Bertz CT molecular complexity index is 411. The number of rotatable bonds is 9. The molecule has 0 heterocycles. The number of hydrogen-bond donors (Lipinski definition) is 2. The molecule has 2 amide bonds. The molecule has 2 N–H and O–H groups in total. The quantitative estimate of drug-likeness (QED) is 0.683. The first-order chi connectivity index (χ1) is 10.6. The zero-order valence-electron chi connectivity index (χ0n) is 15.8.